The van der Waals surface area contributed by atoms with E-state index in [0.29, 0.717) is 19.2 Å². The van der Waals surface area contributed by atoms with Gasteiger partial charge in [0.05, 0.1) is 17.0 Å². The standard InChI is InChI=1S/C17H24F3N3O3S/c1-3-13(2)21-16(24)12-22-7-9-23(10-8-22)27(25,26)15-6-4-5-14(11-15)17(18,19)20/h4-6,11,13H,3,7-10,12H2,1-2H3,(H,21,24)/t13-/m0/s1. The molecule has 1 amide bonds. The second-order valence-corrected chi connectivity index (χ2v) is 8.52. The van der Waals surface area contributed by atoms with Crippen LogP contribution in [0.2, 0.25) is 0 Å². The highest BCUT2D eigenvalue weighted by Gasteiger charge is 2.34. The minimum atomic E-state index is -4.60. The summed E-state index contributed by atoms with van der Waals surface area (Å²) in [6.07, 6.45) is -3.79. The zero-order chi connectivity index (χ0) is 20.2. The molecule has 0 bridgehead atoms. The molecule has 152 valence electrons. The number of amides is 1. The van der Waals surface area contributed by atoms with E-state index in [4.69, 9.17) is 0 Å². The summed E-state index contributed by atoms with van der Waals surface area (Å²) in [5.41, 5.74) is -0.996. The van der Waals surface area contributed by atoms with Gasteiger partial charge in [-0.3, -0.25) is 9.69 Å². The van der Waals surface area contributed by atoms with Gasteiger partial charge in [-0.15, -0.1) is 0 Å². The van der Waals surface area contributed by atoms with Gasteiger partial charge in [-0.05, 0) is 31.5 Å². The van der Waals surface area contributed by atoms with Gasteiger partial charge in [0.2, 0.25) is 15.9 Å². The van der Waals surface area contributed by atoms with Gasteiger partial charge in [0.25, 0.3) is 0 Å². The van der Waals surface area contributed by atoms with Crippen LogP contribution in [0.1, 0.15) is 25.8 Å². The van der Waals surface area contributed by atoms with Crippen molar-refractivity contribution in [2.75, 3.05) is 32.7 Å². The molecule has 1 fully saturated rings. The summed E-state index contributed by atoms with van der Waals surface area (Å²) in [5, 5.41) is 2.85. The number of alkyl halides is 3. The Labute approximate surface area is 157 Å². The number of sulfonamides is 1. The lowest BCUT2D eigenvalue weighted by Gasteiger charge is -2.33. The smallest absolute Gasteiger partial charge is 0.353 e. The van der Waals surface area contributed by atoms with Crippen LogP contribution in [0, 0.1) is 0 Å². The van der Waals surface area contributed by atoms with Crippen LogP contribution >= 0.6 is 0 Å². The monoisotopic (exact) mass is 407 g/mol. The first-order valence-corrected chi connectivity index (χ1v) is 10.2. The Morgan fingerprint density at radius 3 is 2.41 bits per heavy atom. The maximum Gasteiger partial charge on any atom is 0.416 e. The van der Waals surface area contributed by atoms with Crippen LogP contribution in [0.25, 0.3) is 0 Å². The first-order valence-electron chi connectivity index (χ1n) is 8.73. The molecule has 0 saturated carbocycles. The number of rotatable bonds is 6. The van der Waals surface area contributed by atoms with Crippen molar-refractivity contribution in [1.82, 2.24) is 14.5 Å². The highest BCUT2D eigenvalue weighted by atomic mass is 32.2. The van der Waals surface area contributed by atoms with Crippen LogP contribution in [0.4, 0.5) is 13.2 Å². The number of nitrogens with zero attached hydrogens (tertiary/aromatic N) is 2. The lowest BCUT2D eigenvalue weighted by Crippen LogP contribution is -2.51. The highest BCUT2D eigenvalue weighted by molar-refractivity contribution is 7.89. The number of carbonyl (C=O) groups is 1. The summed E-state index contributed by atoms with van der Waals surface area (Å²) in [6, 6.07) is 3.82. The summed E-state index contributed by atoms with van der Waals surface area (Å²) in [7, 11) is -4.01. The van der Waals surface area contributed by atoms with Crippen molar-refractivity contribution >= 4 is 15.9 Å². The van der Waals surface area contributed by atoms with E-state index in [1.807, 2.05) is 18.7 Å². The summed E-state index contributed by atoms with van der Waals surface area (Å²) in [6.45, 7) is 4.95. The zero-order valence-electron chi connectivity index (χ0n) is 15.3. The molecule has 0 aliphatic carbocycles. The van der Waals surface area contributed by atoms with Crippen LogP contribution in [-0.4, -0.2) is 62.3 Å². The summed E-state index contributed by atoms with van der Waals surface area (Å²) >= 11 is 0. The minimum Gasteiger partial charge on any atom is -0.353 e. The highest BCUT2D eigenvalue weighted by Crippen LogP contribution is 2.31. The molecule has 10 heteroatoms. The summed E-state index contributed by atoms with van der Waals surface area (Å²) in [5.74, 6) is -0.126. The fourth-order valence-corrected chi connectivity index (χ4v) is 4.20. The van der Waals surface area contributed by atoms with Crippen LogP contribution in [-0.2, 0) is 21.0 Å². The van der Waals surface area contributed by atoms with Crippen molar-refractivity contribution in [2.45, 2.75) is 37.4 Å². The Bertz CT molecular complexity index is 760. The number of nitrogens with one attached hydrogen (secondary N) is 1. The molecule has 1 aliphatic rings. The molecular formula is C17H24F3N3O3S. The van der Waals surface area contributed by atoms with E-state index >= 15 is 0 Å². The third kappa shape index (κ3) is 5.66. The van der Waals surface area contributed by atoms with Crippen molar-refractivity contribution in [2.24, 2.45) is 0 Å². The first-order chi connectivity index (χ1) is 12.5. The minimum absolute atomic E-state index is 0.0695. The molecule has 1 aromatic rings. The van der Waals surface area contributed by atoms with Crippen LogP contribution in [0.5, 0.6) is 0 Å². The molecule has 0 aromatic heterocycles. The van der Waals surface area contributed by atoms with Gasteiger partial charge >= 0.3 is 6.18 Å². The van der Waals surface area contributed by atoms with Gasteiger partial charge in [0, 0.05) is 32.2 Å². The van der Waals surface area contributed by atoms with Crippen molar-refractivity contribution in [3.8, 4) is 0 Å². The predicted octanol–water partition coefficient (Wildman–Crippen LogP) is 1.93. The van der Waals surface area contributed by atoms with Gasteiger partial charge in [0.15, 0.2) is 0 Å². The molecule has 1 heterocycles. The van der Waals surface area contributed by atoms with E-state index in [0.717, 1.165) is 28.9 Å². The third-order valence-corrected chi connectivity index (χ3v) is 6.41. The maximum absolute atomic E-state index is 12.8. The van der Waals surface area contributed by atoms with E-state index < -0.39 is 21.8 Å². The lowest BCUT2D eigenvalue weighted by atomic mass is 10.2. The molecule has 6 nitrogen and oxygen atoms in total. The van der Waals surface area contributed by atoms with Crippen molar-refractivity contribution in [3.63, 3.8) is 0 Å². The number of benzene rings is 1. The number of hydrogen-bond donors (Lipinski definition) is 1. The summed E-state index contributed by atoms with van der Waals surface area (Å²) < 4.78 is 64.9. The third-order valence-electron chi connectivity index (χ3n) is 4.52. The van der Waals surface area contributed by atoms with Gasteiger partial charge in [-0.2, -0.15) is 17.5 Å². The SMILES string of the molecule is CC[C@H](C)NC(=O)CN1CCN(S(=O)(=O)c2cccc(C(F)(F)F)c2)CC1. The number of hydrogen-bond acceptors (Lipinski definition) is 4. The molecule has 0 radical (unpaired) electrons. The van der Waals surface area contributed by atoms with Crippen LogP contribution < -0.4 is 5.32 Å². The van der Waals surface area contributed by atoms with E-state index in [9.17, 15) is 26.4 Å². The van der Waals surface area contributed by atoms with Crippen LogP contribution in [0.15, 0.2) is 29.2 Å². The predicted molar refractivity (Wildman–Crippen MR) is 94.5 cm³/mol. The van der Waals surface area contributed by atoms with Gasteiger partial charge in [-0.25, -0.2) is 8.42 Å². The zero-order valence-corrected chi connectivity index (χ0v) is 16.1. The average molecular weight is 407 g/mol. The van der Waals surface area contributed by atoms with E-state index in [-0.39, 0.29) is 36.5 Å². The van der Waals surface area contributed by atoms with Crippen molar-refractivity contribution in [3.05, 3.63) is 29.8 Å². The molecule has 27 heavy (non-hydrogen) atoms. The fraction of sp³-hybridized carbons (Fsp3) is 0.588. The maximum atomic E-state index is 12.8. The largest absolute Gasteiger partial charge is 0.416 e. The molecule has 1 atom stereocenters. The Balaban J connectivity index is 2.00. The van der Waals surface area contributed by atoms with Gasteiger partial charge in [-0.1, -0.05) is 13.0 Å². The molecule has 1 N–H and O–H groups in total. The van der Waals surface area contributed by atoms with Crippen LogP contribution in [0.3, 0.4) is 0 Å². The topological polar surface area (TPSA) is 69.7 Å². The number of halogens is 3. The van der Waals surface area contributed by atoms with Crippen molar-refractivity contribution < 1.29 is 26.4 Å². The van der Waals surface area contributed by atoms with E-state index in [1.165, 1.54) is 0 Å². The average Bonchev–Trinajstić information content (AvgIpc) is 2.61. The molecule has 0 spiro atoms. The molecular weight excluding hydrogens is 383 g/mol. The van der Waals surface area contributed by atoms with Gasteiger partial charge < -0.3 is 5.32 Å². The Morgan fingerprint density at radius 1 is 1.22 bits per heavy atom. The number of piperazine rings is 1. The normalized spacial score (nSPS) is 18.3. The number of carbonyl (C=O) groups excluding carboxylic acids is 1. The second-order valence-electron chi connectivity index (χ2n) is 6.58. The van der Waals surface area contributed by atoms with E-state index in [1.54, 1.807) is 0 Å². The second kappa shape index (κ2) is 8.57. The molecule has 1 aliphatic heterocycles. The van der Waals surface area contributed by atoms with Gasteiger partial charge in [0.1, 0.15) is 0 Å². The van der Waals surface area contributed by atoms with E-state index in [2.05, 4.69) is 5.32 Å². The summed E-state index contributed by atoms with van der Waals surface area (Å²) in [4.78, 5) is 13.4. The Hall–Kier alpha value is -1.65. The molecule has 1 aromatic carbocycles. The Morgan fingerprint density at radius 2 is 1.85 bits per heavy atom. The molecule has 1 saturated heterocycles. The molecule has 0 unspecified atom stereocenters. The van der Waals surface area contributed by atoms with Crippen molar-refractivity contribution in [1.29, 1.82) is 0 Å². The molecule has 2 rings (SSSR count). The first kappa shape index (κ1) is 21.6. The fourth-order valence-electron chi connectivity index (χ4n) is 2.74. The quantitative estimate of drug-likeness (QED) is 0.782. The lowest BCUT2D eigenvalue weighted by molar-refractivity contribution is -0.137. The Kier molecular flexibility index (Phi) is 6.87.